The summed E-state index contributed by atoms with van der Waals surface area (Å²) in [6, 6.07) is 3.90. The molecule has 94 valence electrons. The maximum Gasteiger partial charge on any atom is 0.333 e. The van der Waals surface area contributed by atoms with E-state index in [9.17, 15) is 14.5 Å². The molecule has 0 aliphatic heterocycles. The summed E-state index contributed by atoms with van der Waals surface area (Å²) < 4.78 is 14.4. The molecule has 0 saturated carbocycles. The van der Waals surface area contributed by atoms with E-state index in [1.807, 2.05) is 0 Å². The van der Waals surface area contributed by atoms with Crippen molar-refractivity contribution in [3.8, 4) is 5.69 Å². The molecule has 8 heteroatoms. The molecule has 0 atom stereocenters. The maximum atomic E-state index is 13.3. The predicted octanol–water partition coefficient (Wildman–Crippen LogP) is 2.46. The summed E-state index contributed by atoms with van der Waals surface area (Å²) in [6.07, 6.45) is 0. The van der Waals surface area contributed by atoms with E-state index in [4.69, 9.17) is 17.3 Å². The number of hydrogen-bond acceptors (Lipinski definition) is 4. The summed E-state index contributed by atoms with van der Waals surface area (Å²) in [5.41, 5.74) is 5.77. The van der Waals surface area contributed by atoms with Crippen molar-refractivity contribution in [1.82, 2.24) is 9.78 Å². The third kappa shape index (κ3) is 1.88. The lowest BCUT2D eigenvalue weighted by molar-refractivity contribution is -0.384. The van der Waals surface area contributed by atoms with Crippen LogP contribution in [0.5, 0.6) is 0 Å². The number of halogens is 2. The zero-order valence-electron chi connectivity index (χ0n) is 9.22. The molecule has 2 rings (SSSR count). The highest BCUT2D eigenvalue weighted by molar-refractivity contribution is 6.30. The molecule has 0 fully saturated rings. The highest BCUT2D eigenvalue weighted by Crippen LogP contribution is 2.28. The maximum absolute atomic E-state index is 13.3. The Morgan fingerprint density at radius 3 is 2.72 bits per heavy atom. The Labute approximate surface area is 106 Å². The highest BCUT2D eigenvalue weighted by Gasteiger charge is 2.23. The van der Waals surface area contributed by atoms with Crippen molar-refractivity contribution in [3.63, 3.8) is 0 Å². The Hall–Kier alpha value is -2.15. The molecule has 0 bridgehead atoms. The molecule has 2 aromatic rings. The van der Waals surface area contributed by atoms with Gasteiger partial charge in [-0.05, 0) is 19.1 Å². The number of aromatic nitrogens is 2. The van der Waals surface area contributed by atoms with Crippen molar-refractivity contribution >= 4 is 23.1 Å². The van der Waals surface area contributed by atoms with E-state index in [0.29, 0.717) is 0 Å². The number of rotatable bonds is 2. The second-order valence-corrected chi connectivity index (χ2v) is 3.99. The molecule has 1 aromatic heterocycles. The average Bonchev–Trinajstić information content (AvgIpc) is 2.58. The van der Waals surface area contributed by atoms with Gasteiger partial charge in [-0.1, -0.05) is 11.6 Å². The Balaban J connectivity index is 2.61. The van der Waals surface area contributed by atoms with E-state index in [2.05, 4.69) is 5.10 Å². The fraction of sp³-hybridized carbons (Fsp3) is 0.100. The van der Waals surface area contributed by atoms with E-state index in [-0.39, 0.29) is 27.9 Å². The second-order valence-electron chi connectivity index (χ2n) is 3.59. The first-order valence-corrected chi connectivity index (χ1v) is 5.24. The molecule has 0 amide bonds. The third-order valence-corrected chi connectivity index (χ3v) is 2.70. The van der Waals surface area contributed by atoms with Crippen LogP contribution in [0.3, 0.4) is 0 Å². The van der Waals surface area contributed by atoms with Gasteiger partial charge >= 0.3 is 5.69 Å². The van der Waals surface area contributed by atoms with Gasteiger partial charge < -0.3 is 5.73 Å². The smallest absolute Gasteiger partial charge is 0.333 e. The number of aryl methyl sites for hydroxylation is 1. The molecule has 0 spiro atoms. The van der Waals surface area contributed by atoms with Crippen LogP contribution >= 0.6 is 11.6 Å². The first-order valence-electron chi connectivity index (χ1n) is 4.86. The van der Waals surface area contributed by atoms with Gasteiger partial charge in [0.15, 0.2) is 0 Å². The lowest BCUT2D eigenvalue weighted by Crippen LogP contribution is -2.03. The molecule has 6 nitrogen and oxygen atoms in total. The van der Waals surface area contributed by atoms with Crippen LogP contribution in [0, 0.1) is 22.9 Å². The van der Waals surface area contributed by atoms with Crippen LogP contribution in [0.4, 0.5) is 15.9 Å². The van der Waals surface area contributed by atoms with E-state index in [1.54, 1.807) is 0 Å². The van der Waals surface area contributed by atoms with Crippen LogP contribution in [-0.4, -0.2) is 14.7 Å². The van der Waals surface area contributed by atoms with Crippen LogP contribution in [0.15, 0.2) is 18.2 Å². The van der Waals surface area contributed by atoms with Gasteiger partial charge in [-0.2, -0.15) is 5.10 Å². The van der Waals surface area contributed by atoms with E-state index in [1.165, 1.54) is 19.1 Å². The topological polar surface area (TPSA) is 87.0 Å². The third-order valence-electron chi connectivity index (χ3n) is 2.39. The van der Waals surface area contributed by atoms with Crippen molar-refractivity contribution in [3.05, 3.63) is 44.8 Å². The van der Waals surface area contributed by atoms with Crippen molar-refractivity contribution in [2.24, 2.45) is 0 Å². The molecule has 0 aliphatic rings. The molecule has 0 saturated heterocycles. The molecule has 0 aliphatic carbocycles. The molecule has 1 heterocycles. The number of nitro groups is 1. The Kier molecular flexibility index (Phi) is 2.92. The predicted molar refractivity (Wildman–Crippen MR) is 64.3 cm³/mol. The number of benzene rings is 1. The summed E-state index contributed by atoms with van der Waals surface area (Å²) in [6.45, 7) is 1.46. The van der Waals surface area contributed by atoms with Crippen LogP contribution < -0.4 is 5.73 Å². The van der Waals surface area contributed by atoms with Crippen LogP contribution in [0.1, 0.15) is 5.69 Å². The largest absolute Gasteiger partial charge is 0.378 e. The minimum absolute atomic E-state index is 0.0456. The minimum Gasteiger partial charge on any atom is -0.378 e. The Morgan fingerprint density at radius 1 is 1.56 bits per heavy atom. The first-order chi connectivity index (χ1) is 8.41. The summed E-state index contributed by atoms with van der Waals surface area (Å²) in [5, 5.41) is 14.7. The molecule has 0 unspecified atom stereocenters. The van der Waals surface area contributed by atoms with Gasteiger partial charge in [0.1, 0.15) is 11.5 Å². The quantitative estimate of drug-likeness (QED) is 0.671. The summed E-state index contributed by atoms with van der Waals surface area (Å²) in [7, 11) is 0. The number of anilines is 1. The standard InChI is InChI=1S/C10H8ClFN4O2/c1-5-9(16(17)18)10(13)15(14-5)6-2-3-7(11)8(12)4-6/h2-4H,13H2,1H3. The van der Waals surface area contributed by atoms with Crippen molar-refractivity contribution in [1.29, 1.82) is 0 Å². The highest BCUT2D eigenvalue weighted by atomic mass is 35.5. The SMILES string of the molecule is Cc1nn(-c2ccc(Cl)c(F)c2)c(N)c1[N+](=O)[O-]. The molecule has 1 aromatic carbocycles. The van der Waals surface area contributed by atoms with Crippen molar-refractivity contribution in [2.45, 2.75) is 6.92 Å². The van der Waals surface area contributed by atoms with Gasteiger partial charge in [0.2, 0.25) is 5.82 Å². The molecule has 2 N–H and O–H groups in total. The van der Waals surface area contributed by atoms with E-state index in [0.717, 1.165) is 10.7 Å². The van der Waals surface area contributed by atoms with Crippen LogP contribution in [0.25, 0.3) is 5.69 Å². The minimum atomic E-state index is -0.649. The van der Waals surface area contributed by atoms with Crippen LogP contribution in [-0.2, 0) is 0 Å². The van der Waals surface area contributed by atoms with Gasteiger partial charge in [0, 0.05) is 6.07 Å². The zero-order valence-corrected chi connectivity index (χ0v) is 9.98. The number of nitrogen functional groups attached to an aromatic ring is 1. The molecule has 0 radical (unpaired) electrons. The average molecular weight is 271 g/mol. The molecular weight excluding hydrogens is 263 g/mol. The fourth-order valence-electron chi connectivity index (χ4n) is 1.58. The molecule has 18 heavy (non-hydrogen) atoms. The van der Waals surface area contributed by atoms with Gasteiger partial charge in [-0.15, -0.1) is 0 Å². The van der Waals surface area contributed by atoms with E-state index >= 15 is 0 Å². The van der Waals surface area contributed by atoms with Gasteiger partial charge in [0.25, 0.3) is 0 Å². The van der Waals surface area contributed by atoms with Crippen molar-refractivity contribution in [2.75, 3.05) is 5.73 Å². The zero-order chi connectivity index (χ0) is 13.4. The second kappa shape index (κ2) is 4.26. The van der Waals surface area contributed by atoms with Crippen LogP contribution in [0.2, 0.25) is 5.02 Å². The molecular formula is C10H8ClFN4O2. The van der Waals surface area contributed by atoms with Gasteiger partial charge in [0.05, 0.1) is 15.6 Å². The van der Waals surface area contributed by atoms with Gasteiger partial charge in [-0.25, -0.2) is 9.07 Å². The number of nitrogens with two attached hydrogens (primary N) is 1. The summed E-state index contributed by atoms with van der Waals surface area (Å²) in [5.74, 6) is -0.802. The monoisotopic (exact) mass is 270 g/mol. The van der Waals surface area contributed by atoms with Crippen molar-refractivity contribution < 1.29 is 9.31 Å². The lowest BCUT2D eigenvalue weighted by Gasteiger charge is -2.03. The normalized spacial score (nSPS) is 10.6. The first kappa shape index (κ1) is 12.3. The van der Waals surface area contributed by atoms with Gasteiger partial charge in [-0.3, -0.25) is 10.1 Å². The summed E-state index contributed by atoms with van der Waals surface area (Å²) >= 11 is 5.55. The Morgan fingerprint density at radius 2 is 2.22 bits per heavy atom. The Bertz CT molecular complexity index is 641. The fourth-order valence-corrected chi connectivity index (χ4v) is 1.69. The lowest BCUT2D eigenvalue weighted by atomic mass is 10.3. The van der Waals surface area contributed by atoms with E-state index < -0.39 is 10.7 Å². The number of nitrogens with zero attached hydrogens (tertiary/aromatic N) is 3. The summed E-state index contributed by atoms with van der Waals surface area (Å²) in [4.78, 5) is 10.2. The number of hydrogen-bond donors (Lipinski definition) is 1.